The van der Waals surface area contributed by atoms with Crippen LogP contribution in [0.4, 0.5) is 0 Å². The molecule has 6 heteroatoms. The molecular formula is C2H6NNaO4. The fourth-order valence-electron chi connectivity index (χ4n) is 0. The van der Waals surface area contributed by atoms with Crippen LogP contribution in [0.1, 0.15) is 1.43 Å². The molecule has 0 rings (SSSR count). The maximum atomic E-state index is 9.10. The minimum Gasteiger partial charge on any atom is -1.00 e. The van der Waals surface area contributed by atoms with Gasteiger partial charge in [-0.15, -0.1) is 0 Å². The van der Waals surface area contributed by atoms with E-state index in [1.807, 2.05) is 0 Å². The first-order valence-corrected chi connectivity index (χ1v) is 1.11. The molecule has 0 aromatic carbocycles. The largest absolute Gasteiger partial charge is 1.00 e. The molecule has 0 fully saturated rings. The SMILES string of the molecule is N.O=C(O)C(=O)O.[H-].[Na+]. The zero-order valence-electron chi connectivity index (χ0n) is 5.42. The summed E-state index contributed by atoms with van der Waals surface area (Å²) in [5.74, 6) is -3.65. The molecule has 0 aliphatic rings. The second kappa shape index (κ2) is 6.90. The Morgan fingerprint density at radius 3 is 1.25 bits per heavy atom. The summed E-state index contributed by atoms with van der Waals surface area (Å²) in [5.41, 5.74) is 0. The Balaban J connectivity index is -0.0000000417. The van der Waals surface area contributed by atoms with Gasteiger partial charge in [0.05, 0.1) is 0 Å². The summed E-state index contributed by atoms with van der Waals surface area (Å²) in [6.45, 7) is 0. The second-order valence-corrected chi connectivity index (χ2v) is 0.610. The molecule has 0 unspecified atom stereocenters. The van der Waals surface area contributed by atoms with Crippen LogP contribution in [0.2, 0.25) is 0 Å². The van der Waals surface area contributed by atoms with E-state index in [4.69, 9.17) is 19.8 Å². The molecule has 44 valence electrons. The number of hydrogen-bond donors (Lipinski definition) is 3. The Kier molecular flexibility index (Phi) is 13.5. The Morgan fingerprint density at radius 1 is 1.12 bits per heavy atom. The number of hydrogen-bond acceptors (Lipinski definition) is 3. The van der Waals surface area contributed by atoms with Gasteiger partial charge in [-0.25, -0.2) is 9.59 Å². The summed E-state index contributed by atoms with van der Waals surface area (Å²) in [7, 11) is 0. The summed E-state index contributed by atoms with van der Waals surface area (Å²) in [5, 5.41) is 14.8. The first-order valence-electron chi connectivity index (χ1n) is 1.11. The van der Waals surface area contributed by atoms with E-state index in [2.05, 4.69) is 0 Å². The van der Waals surface area contributed by atoms with Crippen molar-refractivity contribution in [2.24, 2.45) is 0 Å². The molecule has 0 aromatic rings. The molecule has 0 aliphatic carbocycles. The van der Waals surface area contributed by atoms with Gasteiger partial charge in [0.2, 0.25) is 0 Å². The van der Waals surface area contributed by atoms with E-state index in [9.17, 15) is 0 Å². The van der Waals surface area contributed by atoms with Gasteiger partial charge in [-0.2, -0.15) is 0 Å². The monoisotopic (exact) mass is 131 g/mol. The van der Waals surface area contributed by atoms with Gasteiger partial charge in [-0.1, -0.05) is 0 Å². The van der Waals surface area contributed by atoms with Crippen LogP contribution in [0.5, 0.6) is 0 Å². The van der Waals surface area contributed by atoms with E-state index >= 15 is 0 Å². The molecule has 0 radical (unpaired) electrons. The van der Waals surface area contributed by atoms with Gasteiger partial charge in [0.1, 0.15) is 0 Å². The van der Waals surface area contributed by atoms with Gasteiger partial charge in [0.15, 0.2) is 0 Å². The maximum Gasteiger partial charge on any atom is 1.00 e. The predicted molar refractivity (Wildman–Crippen MR) is 21.4 cm³/mol. The van der Waals surface area contributed by atoms with Gasteiger partial charge in [-0.3, -0.25) is 0 Å². The van der Waals surface area contributed by atoms with Gasteiger partial charge >= 0.3 is 41.5 Å². The van der Waals surface area contributed by atoms with E-state index in [0.29, 0.717) is 0 Å². The zero-order chi connectivity index (χ0) is 5.15. The smallest absolute Gasteiger partial charge is 1.00 e. The fraction of sp³-hybridized carbons (Fsp3) is 0. The third-order valence-electron chi connectivity index (χ3n) is 0.183. The number of carbonyl (C=O) groups is 2. The Bertz CT molecular complexity index is 84.6. The van der Waals surface area contributed by atoms with Crippen LogP contribution in [0.25, 0.3) is 0 Å². The van der Waals surface area contributed by atoms with E-state index in [1.165, 1.54) is 0 Å². The summed E-state index contributed by atoms with van der Waals surface area (Å²) >= 11 is 0. The third-order valence-corrected chi connectivity index (χ3v) is 0.183. The van der Waals surface area contributed by atoms with E-state index in [-0.39, 0.29) is 37.1 Å². The number of carboxylic acids is 2. The third kappa shape index (κ3) is 9.31. The van der Waals surface area contributed by atoms with Crippen molar-refractivity contribution in [1.82, 2.24) is 6.15 Å². The number of aliphatic carboxylic acids is 2. The van der Waals surface area contributed by atoms with Crippen molar-refractivity contribution in [1.29, 1.82) is 0 Å². The molecule has 0 amide bonds. The van der Waals surface area contributed by atoms with Gasteiger partial charge < -0.3 is 17.8 Å². The second-order valence-electron chi connectivity index (χ2n) is 0.610. The standard InChI is InChI=1S/C2H2O4.H3N.Na.H/c3-1(4)2(5)6;;;/h(H,3,4)(H,5,6);1H3;;/q;;+1;-1. The molecule has 5 N–H and O–H groups in total. The molecule has 0 heterocycles. The van der Waals surface area contributed by atoms with Crippen molar-refractivity contribution in [3.05, 3.63) is 0 Å². The van der Waals surface area contributed by atoms with Crippen LogP contribution in [0.15, 0.2) is 0 Å². The molecule has 0 spiro atoms. The Morgan fingerprint density at radius 2 is 1.25 bits per heavy atom. The predicted octanol–water partition coefficient (Wildman–Crippen LogP) is -3.57. The van der Waals surface area contributed by atoms with Crippen molar-refractivity contribution in [2.75, 3.05) is 0 Å². The number of carboxylic acid groups (broad SMARTS) is 2. The molecule has 0 saturated carbocycles. The van der Waals surface area contributed by atoms with Crippen molar-refractivity contribution in [3.8, 4) is 0 Å². The molecule has 5 nitrogen and oxygen atoms in total. The quantitative estimate of drug-likeness (QED) is 0.233. The first kappa shape index (κ1) is 15.7. The Labute approximate surface area is 69.0 Å². The summed E-state index contributed by atoms with van der Waals surface area (Å²) in [4.78, 5) is 18.2. The maximum absolute atomic E-state index is 9.10. The molecule has 0 aliphatic heterocycles. The molecular weight excluding hydrogens is 125 g/mol. The van der Waals surface area contributed by atoms with Crippen LogP contribution < -0.4 is 35.7 Å². The summed E-state index contributed by atoms with van der Waals surface area (Å²) in [6, 6.07) is 0. The van der Waals surface area contributed by atoms with Crippen LogP contribution in [-0.2, 0) is 9.59 Å². The normalized spacial score (nSPS) is 5.50. The van der Waals surface area contributed by atoms with Gasteiger partial charge in [0, 0.05) is 0 Å². The number of rotatable bonds is 0. The topological polar surface area (TPSA) is 110 Å². The van der Waals surface area contributed by atoms with E-state index in [1.54, 1.807) is 0 Å². The molecule has 0 saturated heterocycles. The first-order chi connectivity index (χ1) is 2.64. The van der Waals surface area contributed by atoms with Gasteiger partial charge in [0.25, 0.3) is 0 Å². The van der Waals surface area contributed by atoms with Crippen LogP contribution in [-0.4, -0.2) is 22.2 Å². The molecule has 8 heavy (non-hydrogen) atoms. The van der Waals surface area contributed by atoms with Crippen molar-refractivity contribution in [3.63, 3.8) is 0 Å². The minimum atomic E-state index is -1.82. The van der Waals surface area contributed by atoms with Crippen molar-refractivity contribution in [2.45, 2.75) is 0 Å². The van der Waals surface area contributed by atoms with Gasteiger partial charge in [-0.05, 0) is 0 Å². The minimum absolute atomic E-state index is 0. The average Bonchev–Trinajstić information content (AvgIpc) is 1.36. The molecule has 0 bridgehead atoms. The van der Waals surface area contributed by atoms with E-state index < -0.39 is 11.9 Å². The van der Waals surface area contributed by atoms with Crippen LogP contribution in [0, 0.1) is 0 Å². The van der Waals surface area contributed by atoms with Crippen LogP contribution >= 0.6 is 0 Å². The van der Waals surface area contributed by atoms with Crippen molar-refractivity contribution < 1.29 is 50.8 Å². The van der Waals surface area contributed by atoms with Crippen LogP contribution in [0.3, 0.4) is 0 Å². The van der Waals surface area contributed by atoms with E-state index in [0.717, 1.165) is 0 Å². The molecule has 0 aromatic heterocycles. The van der Waals surface area contributed by atoms with Crippen molar-refractivity contribution >= 4 is 11.9 Å². The fourth-order valence-corrected chi connectivity index (χ4v) is 0. The molecule has 0 atom stereocenters. The Hall–Kier alpha value is -0.100. The summed E-state index contributed by atoms with van der Waals surface area (Å²) < 4.78 is 0. The average molecular weight is 131 g/mol. The zero-order valence-corrected chi connectivity index (χ0v) is 6.42. The summed E-state index contributed by atoms with van der Waals surface area (Å²) in [6.07, 6.45) is 0.